The second-order valence-electron chi connectivity index (χ2n) is 7.98. The summed E-state index contributed by atoms with van der Waals surface area (Å²) in [5.74, 6) is 0.407. The Morgan fingerprint density at radius 3 is 2.54 bits per heavy atom. The Kier molecular flexibility index (Phi) is 7.60. The number of benzene rings is 2. The van der Waals surface area contributed by atoms with Gasteiger partial charge in [0.25, 0.3) is 5.91 Å². The van der Waals surface area contributed by atoms with E-state index in [9.17, 15) is 18.8 Å². The van der Waals surface area contributed by atoms with E-state index >= 15 is 0 Å². The Hall–Kier alpha value is -3.53. The van der Waals surface area contributed by atoms with Gasteiger partial charge in [-0.25, -0.2) is 0 Å². The van der Waals surface area contributed by atoms with Gasteiger partial charge in [-0.2, -0.15) is 8.78 Å². The van der Waals surface area contributed by atoms with Crippen LogP contribution in [0.25, 0.3) is 0 Å². The molecule has 0 saturated carbocycles. The first-order valence-corrected chi connectivity index (χ1v) is 11.7. The van der Waals surface area contributed by atoms with E-state index in [1.165, 1.54) is 29.7 Å². The Bertz CT molecular complexity index is 1230. The summed E-state index contributed by atoms with van der Waals surface area (Å²) in [6, 6.07) is 17.5. The number of hydrogen-bond donors (Lipinski definition) is 1. The molecule has 0 bridgehead atoms. The summed E-state index contributed by atoms with van der Waals surface area (Å²) in [7, 11) is 0. The van der Waals surface area contributed by atoms with Crippen molar-refractivity contribution in [2.45, 2.75) is 26.7 Å². The van der Waals surface area contributed by atoms with Gasteiger partial charge >= 0.3 is 6.61 Å². The van der Waals surface area contributed by atoms with E-state index in [1.54, 1.807) is 30.4 Å². The molecule has 2 heterocycles. The summed E-state index contributed by atoms with van der Waals surface area (Å²) < 4.78 is 33.8. The Balaban J connectivity index is 1.34. The summed E-state index contributed by atoms with van der Waals surface area (Å²) in [6.07, 6.45) is 4.80. The van der Waals surface area contributed by atoms with Crippen molar-refractivity contribution < 1.29 is 23.0 Å². The lowest BCUT2D eigenvalue weighted by Crippen LogP contribution is -2.38. The fourth-order valence-corrected chi connectivity index (χ4v) is 4.61. The molecule has 0 spiro atoms. The monoisotopic (exact) mass is 498 g/mol. The first-order chi connectivity index (χ1) is 16.8. The third-order valence-electron chi connectivity index (χ3n) is 5.38. The van der Waals surface area contributed by atoms with Crippen molar-refractivity contribution in [3.63, 3.8) is 0 Å². The summed E-state index contributed by atoms with van der Waals surface area (Å²) >= 11 is 1.19. The maximum atomic E-state index is 13.4. The van der Waals surface area contributed by atoms with Crippen LogP contribution in [0.1, 0.15) is 26.4 Å². The minimum Gasteiger partial charge on any atom is -0.621 e. The van der Waals surface area contributed by atoms with E-state index < -0.39 is 11.3 Å². The first kappa shape index (κ1) is 24.6. The predicted octanol–water partition coefficient (Wildman–Crippen LogP) is 6.02. The number of quaternary nitrogens is 1. The Labute approximate surface area is 205 Å². The number of hydrogen-bond acceptors (Lipinski definition) is 5. The molecule has 9 heteroatoms. The van der Waals surface area contributed by atoms with Crippen molar-refractivity contribution in [2.75, 3.05) is 6.54 Å². The summed E-state index contributed by atoms with van der Waals surface area (Å²) in [6.45, 7) is -0.299. The minimum atomic E-state index is -2.87. The van der Waals surface area contributed by atoms with Gasteiger partial charge in [0.2, 0.25) is 0 Å². The van der Waals surface area contributed by atoms with Crippen LogP contribution in [-0.4, -0.2) is 19.1 Å². The molecule has 1 amide bonds. The molecule has 0 saturated heterocycles. The molecular weight excluding hydrogens is 474 g/mol. The molecule has 35 heavy (non-hydrogen) atoms. The van der Waals surface area contributed by atoms with Crippen LogP contribution < -0.4 is 14.7 Å². The molecular formula is C26H24F2N2O4S. The van der Waals surface area contributed by atoms with Gasteiger partial charge in [0.05, 0.1) is 0 Å². The summed E-state index contributed by atoms with van der Waals surface area (Å²) in [5.41, 5.74) is 2.52. The van der Waals surface area contributed by atoms with Gasteiger partial charge in [0.15, 0.2) is 5.00 Å². The quantitative estimate of drug-likeness (QED) is 0.289. The van der Waals surface area contributed by atoms with Crippen molar-refractivity contribution in [1.82, 2.24) is 9.96 Å². The van der Waals surface area contributed by atoms with Crippen LogP contribution >= 0.6 is 11.3 Å². The largest absolute Gasteiger partial charge is 0.621 e. The average molecular weight is 499 g/mol. The molecule has 0 radical (unpaired) electrons. The lowest BCUT2D eigenvalue weighted by molar-refractivity contribution is -0.0498. The molecule has 182 valence electrons. The minimum absolute atomic E-state index is 0.0772. The first-order valence-electron chi connectivity index (χ1n) is 10.9. The number of alkyl halides is 2. The van der Waals surface area contributed by atoms with E-state index in [2.05, 4.69) is 10.1 Å². The second-order valence-corrected chi connectivity index (χ2v) is 9.01. The van der Waals surface area contributed by atoms with E-state index in [4.69, 9.17) is 4.74 Å². The molecule has 1 unspecified atom stereocenters. The van der Waals surface area contributed by atoms with E-state index in [0.29, 0.717) is 22.2 Å². The molecule has 1 atom stereocenters. The fourth-order valence-electron chi connectivity index (χ4n) is 3.49. The van der Waals surface area contributed by atoms with Crippen LogP contribution in [0.5, 0.6) is 5.75 Å². The van der Waals surface area contributed by atoms with Crippen LogP contribution in [0.3, 0.4) is 0 Å². The van der Waals surface area contributed by atoms with Crippen LogP contribution in [0.15, 0.2) is 84.8 Å². The van der Waals surface area contributed by atoms with E-state index in [0.717, 1.165) is 16.7 Å². The molecule has 4 rings (SSSR count). The third-order valence-corrected chi connectivity index (χ3v) is 6.72. The third kappa shape index (κ3) is 6.33. The maximum Gasteiger partial charge on any atom is 0.387 e. The predicted molar refractivity (Wildman–Crippen MR) is 132 cm³/mol. The number of nitrogens with one attached hydrogen (secondary N) is 1. The number of halogens is 2. The fraction of sp³-hybridized carbons (Fsp3) is 0.192. The average Bonchev–Trinajstić information content (AvgIpc) is 3.26. The number of rotatable bonds is 9. The highest BCUT2D eigenvalue weighted by Gasteiger charge is 2.26. The van der Waals surface area contributed by atoms with Gasteiger partial charge in [-0.3, -0.25) is 9.44 Å². The van der Waals surface area contributed by atoms with Gasteiger partial charge in [-0.15, -0.1) is 0 Å². The number of carbonyl (C=O) groups is 1. The van der Waals surface area contributed by atoms with Crippen LogP contribution in [-0.2, 0) is 17.9 Å². The van der Waals surface area contributed by atoms with Crippen LogP contribution in [0.2, 0.25) is 0 Å². The molecule has 3 aromatic rings. The Morgan fingerprint density at radius 1 is 1.14 bits per heavy atom. The number of allylic oxidation sites excluding steroid dienone is 1. The molecule has 0 aliphatic carbocycles. The molecule has 1 aliphatic heterocycles. The highest BCUT2D eigenvalue weighted by atomic mass is 32.1. The van der Waals surface area contributed by atoms with Gasteiger partial charge in [0.1, 0.15) is 35.7 Å². The van der Waals surface area contributed by atoms with Crippen molar-refractivity contribution in [3.05, 3.63) is 112 Å². The van der Waals surface area contributed by atoms with Crippen molar-refractivity contribution in [2.24, 2.45) is 0 Å². The van der Waals surface area contributed by atoms with Crippen LogP contribution in [0, 0.1) is 12.1 Å². The number of ether oxygens (including phenoxy) is 2. The SMILES string of the molecule is Cc1cc([N+]2([O-])C=CC(OCc3ccc(OC(F)F)cc3)=CC2)sc1C(=O)NCc1ccccc1. The number of carbonyl (C=O) groups excluding carboxylic acids is 1. The standard InChI is InChI=1S/C26H24F2N2O4S/c1-18-15-23(35-24(18)25(31)29-16-19-5-3-2-4-6-19)30(32)13-11-21(12-14-30)33-17-20-7-9-22(10-8-20)34-26(27)28/h2-13,15,26H,14,16-17H2,1H3,(H,29,31). The highest BCUT2D eigenvalue weighted by Crippen LogP contribution is 2.36. The van der Waals surface area contributed by atoms with Gasteiger partial charge in [-0.05, 0) is 35.7 Å². The molecule has 1 aromatic heterocycles. The van der Waals surface area contributed by atoms with E-state index in [1.807, 2.05) is 37.3 Å². The highest BCUT2D eigenvalue weighted by molar-refractivity contribution is 7.18. The van der Waals surface area contributed by atoms with Crippen molar-refractivity contribution in [3.8, 4) is 5.75 Å². The molecule has 6 nitrogen and oxygen atoms in total. The van der Waals surface area contributed by atoms with Crippen molar-refractivity contribution >= 4 is 22.2 Å². The van der Waals surface area contributed by atoms with Crippen LogP contribution in [0.4, 0.5) is 13.8 Å². The number of aryl methyl sites for hydroxylation is 1. The summed E-state index contributed by atoms with van der Waals surface area (Å²) in [5, 5.41) is 16.8. The zero-order valence-electron chi connectivity index (χ0n) is 18.9. The molecule has 1 N–H and O–H groups in total. The summed E-state index contributed by atoms with van der Waals surface area (Å²) in [4.78, 5) is 13.2. The lowest BCUT2D eigenvalue weighted by Gasteiger charge is -2.37. The Morgan fingerprint density at radius 2 is 1.89 bits per heavy atom. The second kappa shape index (κ2) is 10.8. The van der Waals surface area contributed by atoms with E-state index in [-0.39, 0.29) is 24.8 Å². The molecule has 2 aromatic carbocycles. The number of nitrogens with zero attached hydrogens (tertiary/aromatic N) is 1. The topological polar surface area (TPSA) is 70.6 Å². The van der Waals surface area contributed by atoms with Gasteiger partial charge in [-0.1, -0.05) is 53.8 Å². The normalized spacial score (nSPS) is 17.2. The number of amides is 1. The lowest BCUT2D eigenvalue weighted by atomic mass is 10.2. The number of thiophene rings is 1. The molecule has 1 aliphatic rings. The van der Waals surface area contributed by atoms with Crippen molar-refractivity contribution in [1.29, 1.82) is 0 Å². The maximum absolute atomic E-state index is 13.4. The van der Waals surface area contributed by atoms with Gasteiger partial charge in [0, 0.05) is 24.8 Å². The zero-order chi connectivity index (χ0) is 24.8. The zero-order valence-corrected chi connectivity index (χ0v) is 19.8. The number of hydroxylamine groups is 2. The molecule has 0 fully saturated rings. The van der Waals surface area contributed by atoms with Gasteiger partial charge < -0.3 is 20.0 Å². The smallest absolute Gasteiger partial charge is 0.387 e.